The van der Waals surface area contributed by atoms with Gasteiger partial charge in [-0.2, -0.15) is 0 Å². The van der Waals surface area contributed by atoms with E-state index in [2.05, 4.69) is 6.92 Å². The molecule has 0 fully saturated rings. The number of hydrogen-bond acceptors (Lipinski definition) is 3. The lowest BCUT2D eigenvalue weighted by Gasteiger charge is -2.25. The summed E-state index contributed by atoms with van der Waals surface area (Å²) in [6, 6.07) is 22.0. The third-order valence-electron chi connectivity index (χ3n) is 5.74. The number of carbonyl (C=O) groups excluding carboxylic acids is 1. The zero-order valence-electron chi connectivity index (χ0n) is 18.2. The molecule has 1 heterocycles. The highest BCUT2D eigenvalue weighted by Gasteiger charge is 2.32. The number of aliphatic imine (C=N–C) groups is 1. The van der Waals surface area contributed by atoms with Gasteiger partial charge in [-0.3, -0.25) is 9.79 Å². The van der Waals surface area contributed by atoms with Gasteiger partial charge in [0.25, 0.3) is 5.91 Å². The zero-order valence-corrected chi connectivity index (χ0v) is 18.9. The van der Waals surface area contributed by atoms with Crippen molar-refractivity contribution < 1.29 is 9.90 Å². The minimum absolute atomic E-state index is 0. The molecule has 1 unspecified atom stereocenters. The first kappa shape index (κ1) is 24.5. The first-order valence-electron chi connectivity index (χ1n) is 11.1. The van der Waals surface area contributed by atoms with Crippen LogP contribution in [0.5, 0.6) is 5.75 Å². The van der Waals surface area contributed by atoms with Gasteiger partial charge in [0, 0.05) is 29.1 Å². The van der Waals surface area contributed by atoms with Crippen molar-refractivity contribution in [2.75, 3.05) is 11.4 Å². The van der Waals surface area contributed by atoms with Crippen LogP contribution in [0.1, 0.15) is 50.3 Å². The number of unbranched alkanes of at least 4 members (excludes halogenated alkanes) is 2. The second-order valence-electron chi connectivity index (χ2n) is 8.09. The molecule has 4 rings (SSSR count). The summed E-state index contributed by atoms with van der Waals surface area (Å²) in [5.74, 6) is 0.190. The van der Waals surface area contributed by atoms with E-state index in [1.807, 2.05) is 65.6 Å². The van der Waals surface area contributed by atoms with Crippen LogP contribution in [-0.4, -0.2) is 29.3 Å². The van der Waals surface area contributed by atoms with Crippen molar-refractivity contribution in [1.29, 1.82) is 0 Å². The zero-order chi connectivity index (χ0) is 22.5. The van der Waals surface area contributed by atoms with Crippen LogP contribution in [0.3, 0.4) is 0 Å². The average Bonchev–Trinajstić information content (AvgIpc) is 2.91. The molecule has 33 heavy (non-hydrogen) atoms. The minimum atomic E-state index is -0.547. The van der Waals surface area contributed by atoms with E-state index in [4.69, 9.17) is 16.6 Å². The number of hydrogen-bond donors (Lipinski definition) is 1. The Morgan fingerprint density at radius 2 is 1.73 bits per heavy atom. The Bertz CT molecular complexity index is 1110. The lowest BCUT2D eigenvalue weighted by molar-refractivity contribution is -0.119. The number of phenolic OH excluding ortho intramolecular Hbond substituents is 1. The molecule has 0 saturated heterocycles. The summed E-state index contributed by atoms with van der Waals surface area (Å²) in [6.45, 7) is 2.80. The average molecular weight is 463 g/mol. The van der Waals surface area contributed by atoms with Crippen molar-refractivity contribution in [3.05, 3.63) is 94.5 Å². The van der Waals surface area contributed by atoms with Gasteiger partial charge < -0.3 is 10.0 Å². The van der Waals surface area contributed by atoms with Crippen molar-refractivity contribution in [1.82, 2.24) is 0 Å². The van der Waals surface area contributed by atoms with Crippen LogP contribution < -0.4 is 4.90 Å². The fourth-order valence-electron chi connectivity index (χ4n) is 4.08. The van der Waals surface area contributed by atoms with E-state index in [0.717, 1.165) is 47.4 Å². The second kappa shape index (κ2) is 11.2. The van der Waals surface area contributed by atoms with Crippen LogP contribution in [0, 0.1) is 0 Å². The highest BCUT2D eigenvalue weighted by Crippen LogP contribution is 2.32. The molecule has 0 saturated carbocycles. The monoisotopic (exact) mass is 462 g/mol. The van der Waals surface area contributed by atoms with E-state index in [0.29, 0.717) is 18.0 Å². The van der Waals surface area contributed by atoms with Gasteiger partial charge in [0.05, 0.1) is 11.4 Å². The number of amides is 1. The quantitative estimate of drug-likeness (QED) is 0.399. The van der Waals surface area contributed by atoms with Gasteiger partial charge in [-0.25, -0.2) is 0 Å². The van der Waals surface area contributed by atoms with Crippen LogP contribution in [-0.2, 0) is 11.2 Å². The fourth-order valence-corrected chi connectivity index (χ4v) is 4.25. The highest BCUT2D eigenvalue weighted by molar-refractivity contribution is 6.32. The maximum absolute atomic E-state index is 13.8. The summed E-state index contributed by atoms with van der Waals surface area (Å²) in [7, 11) is 0. The molecule has 3 aromatic rings. The summed E-state index contributed by atoms with van der Waals surface area (Å²) in [4.78, 5) is 20.6. The second-order valence-corrected chi connectivity index (χ2v) is 8.52. The topological polar surface area (TPSA) is 52.9 Å². The Kier molecular flexibility index (Phi) is 8.29. The Hall–Kier alpha value is -3.11. The molecule has 0 aliphatic carbocycles. The predicted molar refractivity (Wildman–Crippen MR) is 138 cm³/mol. The van der Waals surface area contributed by atoms with Gasteiger partial charge in [-0.05, 0) is 54.4 Å². The van der Waals surface area contributed by atoms with Crippen LogP contribution >= 0.6 is 11.6 Å². The van der Waals surface area contributed by atoms with Crippen molar-refractivity contribution >= 4 is 28.9 Å². The molecule has 1 N–H and O–H groups in total. The number of carbonyl (C=O) groups is 1. The van der Waals surface area contributed by atoms with Gasteiger partial charge in [-0.15, -0.1) is 0 Å². The Balaban J connectivity index is 0.00000306. The van der Waals surface area contributed by atoms with Gasteiger partial charge in [0.2, 0.25) is 0 Å². The molecule has 1 aliphatic rings. The van der Waals surface area contributed by atoms with E-state index >= 15 is 0 Å². The molecule has 0 spiro atoms. The molecule has 4 nitrogen and oxygen atoms in total. The van der Waals surface area contributed by atoms with Gasteiger partial charge >= 0.3 is 0 Å². The number of benzene rings is 3. The third kappa shape index (κ3) is 5.63. The standard InChI is InChI=1S/C27H27ClN2O2.CH4/c1-2-3-7-16-30-25-15-12-21(28)18-23(25)26(20-10-13-22(31)14-11-20)29-24(27(30)32)17-19-8-5-4-6-9-19;/h4-6,8-15,18,24,31H,2-3,7,16-17H2,1H3;1H4. The number of fused-ring (bicyclic) bond motifs is 1. The minimum Gasteiger partial charge on any atom is -0.508 e. The molecule has 0 radical (unpaired) electrons. The predicted octanol–water partition coefficient (Wildman–Crippen LogP) is 6.67. The number of rotatable bonds is 7. The first-order valence-corrected chi connectivity index (χ1v) is 11.5. The van der Waals surface area contributed by atoms with Gasteiger partial charge in [-0.1, -0.05) is 69.1 Å². The highest BCUT2D eigenvalue weighted by atomic mass is 35.5. The van der Waals surface area contributed by atoms with Crippen LogP contribution in [0.15, 0.2) is 77.8 Å². The van der Waals surface area contributed by atoms with Crippen LogP contribution in [0.4, 0.5) is 5.69 Å². The summed E-state index contributed by atoms with van der Waals surface area (Å²) in [5.41, 5.74) is 4.29. The fraction of sp³-hybridized carbons (Fsp3) is 0.286. The Morgan fingerprint density at radius 3 is 2.42 bits per heavy atom. The number of phenols is 1. The largest absolute Gasteiger partial charge is 0.508 e. The first-order chi connectivity index (χ1) is 15.6. The van der Waals surface area contributed by atoms with E-state index in [1.165, 1.54) is 0 Å². The maximum Gasteiger partial charge on any atom is 0.252 e. The van der Waals surface area contributed by atoms with E-state index in [-0.39, 0.29) is 19.1 Å². The van der Waals surface area contributed by atoms with Crippen molar-refractivity contribution in [2.24, 2.45) is 4.99 Å². The van der Waals surface area contributed by atoms with Gasteiger partial charge in [0.1, 0.15) is 11.8 Å². The molecular formula is C28H31ClN2O2. The van der Waals surface area contributed by atoms with Crippen LogP contribution in [0.25, 0.3) is 0 Å². The molecule has 0 bridgehead atoms. The van der Waals surface area contributed by atoms with Crippen molar-refractivity contribution in [3.63, 3.8) is 0 Å². The lowest BCUT2D eigenvalue weighted by Crippen LogP contribution is -2.39. The smallest absolute Gasteiger partial charge is 0.252 e. The van der Waals surface area contributed by atoms with Crippen LogP contribution in [0.2, 0.25) is 5.02 Å². The number of anilines is 1. The molecule has 0 aromatic heterocycles. The summed E-state index contributed by atoms with van der Waals surface area (Å²) in [5, 5.41) is 10.4. The molecule has 1 aliphatic heterocycles. The molecule has 3 aromatic carbocycles. The van der Waals surface area contributed by atoms with E-state index in [1.54, 1.807) is 12.1 Å². The number of nitrogens with zero attached hydrogens (tertiary/aromatic N) is 2. The lowest BCUT2D eigenvalue weighted by atomic mass is 10.00. The van der Waals surface area contributed by atoms with E-state index in [9.17, 15) is 9.90 Å². The number of halogens is 1. The SMILES string of the molecule is C.CCCCCN1C(=O)C(Cc2ccccc2)N=C(c2ccc(O)cc2)c2cc(Cl)ccc21. The summed E-state index contributed by atoms with van der Waals surface area (Å²) in [6.07, 6.45) is 3.59. The number of benzodiazepines with no additional fused rings is 1. The maximum atomic E-state index is 13.8. The molecule has 172 valence electrons. The normalized spacial score (nSPS) is 15.3. The molecule has 1 atom stereocenters. The summed E-state index contributed by atoms with van der Waals surface area (Å²) < 4.78 is 0. The summed E-state index contributed by atoms with van der Waals surface area (Å²) >= 11 is 6.39. The van der Waals surface area contributed by atoms with E-state index < -0.39 is 6.04 Å². The molecule has 5 heteroatoms. The molecule has 1 amide bonds. The van der Waals surface area contributed by atoms with Crippen molar-refractivity contribution in [2.45, 2.75) is 46.1 Å². The number of aromatic hydroxyl groups is 1. The van der Waals surface area contributed by atoms with Gasteiger partial charge in [0.15, 0.2) is 0 Å². The Morgan fingerprint density at radius 1 is 1.00 bits per heavy atom. The Labute approximate surface area is 201 Å². The van der Waals surface area contributed by atoms with Crippen molar-refractivity contribution in [3.8, 4) is 5.75 Å². The molecular weight excluding hydrogens is 432 g/mol. The third-order valence-corrected chi connectivity index (χ3v) is 5.97.